The van der Waals surface area contributed by atoms with Crippen molar-refractivity contribution < 1.29 is 22.7 Å². The minimum absolute atomic E-state index is 0.0674. The van der Waals surface area contributed by atoms with Crippen molar-refractivity contribution in [1.82, 2.24) is 0 Å². The lowest BCUT2D eigenvalue weighted by atomic mass is 9.86. The van der Waals surface area contributed by atoms with E-state index in [0.717, 1.165) is 5.69 Å². The molecule has 0 unspecified atom stereocenters. The molecule has 1 aliphatic heterocycles. The van der Waals surface area contributed by atoms with Crippen LogP contribution in [0.3, 0.4) is 0 Å². The SMILES string of the molecule is COc1ccc(N(C)S(=O)(=O)c2ccc3c(c2)C(C)(C)C(=O)N3C)c(OC)c1. The summed E-state index contributed by atoms with van der Waals surface area (Å²) in [4.78, 5) is 14.2. The minimum Gasteiger partial charge on any atom is -0.497 e. The number of benzene rings is 2. The van der Waals surface area contributed by atoms with Crippen molar-refractivity contribution in [2.75, 3.05) is 37.5 Å². The number of nitrogens with zero attached hydrogens (tertiary/aromatic N) is 2. The Morgan fingerprint density at radius 2 is 1.71 bits per heavy atom. The number of anilines is 2. The van der Waals surface area contributed by atoms with Gasteiger partial charge in [-0.2, -0.15) is 0 Å². The van der Waals surface area contributed by atoms with E-state index in [-0.39, 0.29) is 10.8 Å². The number of amides is 1. The summed E-state index contributed by atoms with van der Waals surface area (Å²) in [7, 11) is 2.29. The monoisotopic (exact) mass is 404 g/mol. The number of likely N-dealkylation sites (N-methyl/N-ethyl adjacent to an activating group) is 1. The molecule has 150 valence electrons. The van der Waals surface area contributed by atoms with E-state index < -0.39 is 15.4 Å². The number of carbonyl (C=O) groups is 1. The number of methoxy groups -OCH3 is 2. The summed E-state index contributed by atoms with van der Waals surface area (Å²) in [6, 6.07) is 9.70. The molecule has 0 saturated carbocycles. The first-order valence-corrected chi connectivity index (χ1v) is 10.1. The van der Waals surface area contributed by atoms with Crippen LogP contribution in [0.4, 0.5) is 11.4 Å². The van der Waals surface area contributed by atoms with Gasteiger partial charge < -0.3 is 14.4 Å². The number of sulfonamides is 1. The predicted molar refractivity (Wildman–Crippen MR) is 108 cm³/mol. The van der Waals surface area contributed by atoms with Crippen LogP contribution in [-0.4, -0.2) is 42.6 Å². The Labute approximate surface area is 165 Å². The number of hydrogen-bond acceptors (Lipinski definition) is 5. The Bertz CT molecular complexity index is 1050. The average Bonchev–Trinajstić information content (AvgIpc) is 2.86. The Kier molecular flexibility index (Phi) is 4.79. The zero-order valence-electron chi connectivity index (χ0n) is 16.8. The maximum Gasteiger partial charge on any atom is 0.264 e. The molecule has 1 heterocycles. The maximum absolute atomic E-state index is 13.3. The summed E-state index contributed by atoms with van der Waals surface area (Å²) in [6.45, 7) is 3.59. The highest BCUT2D eigenvalue weighted by Gasteiger charge is 2.43. The van der Waals surface area contributed by atoms with E-state index in [1.54, 1.807) is 56.1 Å². The third kappa shape index (κ3) is 2.88. The lowest BCUT2D eigenvalue weighted by Crippen LogP contribution is -2.33. The van der Waals surface area contributed by atoms with Crippen molar-refractivity contribution in [1.29, 1.82) is 0 Å². The molecular weight excluding hydrogens is 380 g/mol. The Morgan fingerprint density at radius 1 is 1.04 bits per heavy atom. The summed E-state index contributed by atoms with van der Waals surface area (Å²) < 4.78 is 38.2. The second-order valence-corrected chi connectivity index (χ2v) is 9.15. The van der Waals surface area contributed by atoms with Crippen molar-refractivity contribution >= 4 is 27.3 Å². The van der Waals surface area contributed by atoms with Crippen molar-refractivity contribution in [2.24, 2.45) is 0 Å². The van der Waals surface area contributed by atoms with Crippen LogP contribution in [0.2, 0.25) is 0 Å². The highest BCUT2D eigenvalue weighted by Crippen LogP contribution is 2.42. The summed E-state index contributed by atoms with van der Waals surface area (Å²) in [5.41, 5.74) is 1.01. The average molecular weight is 404 g/mol. The smallest absolute Gasteiger partial charge is 0.264 e. The number of carbonyl (C=O) groups excluding carboxylic acids is 1. The van der Waals surface area contributed by atoms with Crippen molar-refractivity contribution in [2.45, 2.75) is 24.2 Å². The zero-order valence-corrected chi connectivity index (χ0v) is 17.6. The van der Waals surface area contributed by atoms with Gasteiger partial charge in [-0.1, -0.05) is 0 Å². The molecule has 2 aromatic carbocycles. The first kappa shape index (κ1) is 20.0. The molecule has 0 atom stereocenters. The summed E-state index contributed by atoms with van der Waals surface area (Å²) in [5, 5.41) is 0. The molecule has 0 N–H and O–H groups in total. The van der Waals surface area contributed by atoms with Crippen molar-refractivity contribution in [3.05, 3.63) is 42.0 Å². The molecule has 28 heavy (non-hydrogen) atoms. The fraction of sp³-hybridized carbons (Fsp3) is 0.350. The third-order valence-electron chi connectivity index (χ3n) is 5.23. The largest absolute Gasteiger partial charge is 0.497 e. The van der Waals surface area contributed by atoms with Gasteiger partial charge in [0.15, 0.2) is 0 Å². The zero-order chi connectivity index (χ0) is 20.9. The second-order valence-electron chi connectivity index (χ2n) is 7.18. The minimum atomic E-state index is -3.87. The summed E-state index contributed by atoms with van der Waals surface area (Å²) >= 11 is 0. The van der Waals surface area contributed by atoms with E-state index in [1.165, 1.54) is 31.6 Å². The molecule has 1 aliphatic rings. The van der Waals surface area contributed by atoms with Crippen LogP contribution >= 0.6 is 0 Å². The fourth-order valence-electron chi connectivity index (χ4n) is 3.45. The molecule has 0 fully saturated rings. The van der Waals surface area contributed by atoms with Gasteiger partial charge in [-0.25, -0.2) is 8.42 Å². The molecule has 1 amide bonds. The van der Waals surface area contributed by atoms with E-state index in [0.29, 0.717) is 22.7 Å². The van der Waals surface area contributed by atoms with Crippen LogP contribution in [-0.2, 0) is 20.2 Å². The highest BCUT2D eigenvalue weighted by molar-refractivity contribution is 7.92. The molecule has 0 aliphatic carbocycles. The van der Waals surface area contributed by atoms with Gasteiger partial charge in [0.1, 0.15) is 11.5 Å². The Balaban J connectivity index is 2.08. The van der Waals surface area contributed by atoms with Crippen LogP contribution in [0.15, 0.2) is 41.3 Å². The van der Waals surface area contributed by atoms with Gasteiger partial charge in [-0.15, -0.1) is 0 Å². The predicted octanol–water partition coefficient (Wildman–Crippen LogP) is 2.78. The van der Waals surface area contributed by atoms with E-state index in [2.05, 4.69) is 0 Å². The summed E-state index contributed by atoms with van der Waals surface area (Å²) in [5.74, 6) is 0.872. The van der Waals surface area contributed by atoms with Gasteiger partial charge in [-0.05, 0) is 49.7 Å². The van der Waals surface area contributed by atoms with E-state index >= 15 is 0 Å². The van der Waals surface area contributed by atoms with Crippen LogP contribution in [0.5, 0.6) is 11.5 Å². The van der Waals surface area contributed by atoms with Crippen LogP contribution in [0, 0.1) is 0 Å². The highest BCUT2D eigenvalue weighted by atomic mass is 32.2. The fourth-order valence-corrected chi connectivity index (χ4v) is 4.68. The van der Waals surface area contributed by atoms with Gasteiger partial charge in [0.05, 0.1) is 30.2 Å². The quantitative estimate of drug-likeness (QED) is 0.766. The molecule has 7 nitrogen and oxygen atoms in total. The molecular formula is C20H24N2O5S. The first-order chi connectivity index (χ1) is 13.1. The normalized spacial score (nSPS) is 15.4. The Morgan fingerprint density at radius 3 is 2.32 bits per heavy atom. The lowest BCUT2D eigenvalue weighted by Gasteiger charge is -2.23. The van der Waals surface area contributed by atoms with E-state index in [9.17, 15) is 13.2 Å². The van der Waals surface area contributed by atoms with Crippen molar-refractivity contribution in [3.63, 3.8) is 0 Å². The van der Waals surface area contributed by atoms with E-state index in [4.69, 9.17) is 9.47 Å². The van der Waals surface area contributed by atoms with Gasteiger partial charge >= 0.3 is 0 Å². The van der Waals surface area contributed by atoms with Gasteiger partial charge in [-0.3, -0.25) is 9.10 Å². The number of fused-ring (bicyclic) bond motifs is 1. The molecule has 8 heteroatoms. The topological polar surface area (TPSA) is 76.2 Å². The molecule has 0 aromatic heterocycles. The second kappa shape index (κ2) is 6.70. The van der Waals surface area contributed by atoms with Gasteiger partial charge in [0, 0.05) is 25.8 Å². The number of hydrogen-bond donors (Lipinski definition) is 0. The van der Waals surface area contributed by atoms with Crippen LogP contribution in [0.1, 0.15) is 19.4 Å². The Hall–Kier alpha value is -2.74. The van der Waals surface area contributed by atoms with Crippen LogP contribution in [0.25, 0.3) is 0 Å². The molecule has 0 spiro atoms. The van der Waals surface area contributed by atoms with Gasteiger partial charge in [0.25, 0.3) is 10.0 Å². The lowest BCUT2D eigenvalue weighted by molar-refractivity contribution is -0.121. The standard InChI is InChI=1S/C20H24N2O5S/c1-20(2)15-12-14(8-10-16(15)21(3)19(20)23)28(24,25)22(4)17-9-7-13(26-5)11-18(17)27-6/h7-12H,1-6H3. The first-order valence-electron chi connectivity index (χ1n) is 8.69. The van der Waals surface area contributed by atoms with Crippen LogP contribution < -0.4 is 18.7 Å². The number of ether oxygens (including phenoxy) is 2. The van der Waals surface area contributed by atoms with Gasteiger partial charge in [0.2, 0.25) is 5.91 Å². The molecule has 0 radical (unpaired) electrons. The maximum atomic E-state index is 13.3. The molecule has 0 bridgehead atoms. The molecule has 3 rings (SSSR count). The van der Waals surface area contributed by atoms with E-state index in [1.807, 2.05) is 0 Å². The number of rotatable bonds is 5. The summed E-state index contributed by atoms with van der Waals surface area (Å²) in [6.07, 6.45) is 0. The molecule has 0 saturated heterocycles. The third-order valence-corrected chi connectivity index (χ3v) is 6.99. The van der Waals surface area contributed by atoms with Crippen molar-refractivity contribution in [3.8, 4) is 11.5 Å². The molecule has 2 aromatic rings.